The van der Waals surface area contributed by atoms with Crippen molar-refractivity contribution in [3.8, 4) is 11.8 Å². The molecule has 2 aliphatic rings. The van der Waals surface area contributed by atoms with Crippen molar-refractivity contribution in [2.24, 2.45) is 7.05 Å². The molecule has 3 heterocycles. The number of methoxy groups -OCH3 is 1. The quantitative estimate of drug-likeness (QED) is 0.474. The van der Waals surface area contributed by atoms with E-state index in [0.717, 1.165) is 37.3 Å². The summed E-state index contributed by atoms with van der Waals surface area (Å²) in [6.07, 6.45) is 8.10. The second-order valence-corrected chi connectivity index (χ2v) is 9.86. The molecule has 0 aromatic carbocycles. The number of anilines is 2. The molecule has 0 N–H and O–H groups in total. The fraction of sp³-hybridized carbons (Fsp3) is 0.462. The lowest BCUT2D eigenvalue weighted by atomic mass is 9.88. The molecule has 35 heavy (non-hydrogen) atoms. The smallest absolute Gasteiger partial charge is 0.270 e. The third kappa shape index (κ3) is 4.30. The zero-order valence-electron chi connectivity index (χ0n) is 20.2. The van der Waals surface area contributed by atoms with E-state index >= 15 is 0 Å². The Balaban J connectivity index is 1.41. The SMILES string of the molecule is COc1ccc(N(C2CCC(N(C)c3c(C#N)c(=O)n(C)c4ccc(Cl)nc34)CC2)C2CC2)nc1. The van der Waals surface area contributed by atoms with Crippen LogP contribution >= 0.6 is 11.6 Å². The molecule has 0 amide bonds. The van der Waals surface area contributed by atoms with Gasteiger partial charge in [-0.1, -0.05) is 11.6 Å². The molecule has 3 aromatic heterocycles. The summed E-state index contributed by atoms with van der Waals surface area (Å²) in [5.41, 5.74) is 1.63. The van der Waals surface area contributed by atoms with E-state index in [9.17, 15) is 10.1 Å². The van der Waals surface area contributed by atoms with Crippen LogP contribution in [0.5, 0.6) is 5.75 Å². The summed E-state index contributed by atoms with van der Waals surface area (Å²) >= 11 is 6.22. The van der Waals surface area contributed by atoms with E-state index in [2.05, 4.69) is 31.9 Å². The zero-order valence-corrected chi connectivity index (χ0v) is 21.0. The van der Waals surface area contributed by atoms with Gasteiger partial charge < -0.3 is 19.1 Å². The third-order valence-electron chi connectivity index (χ3n) is 7.41. The Morgan fingerprint density at radius 1 is 1.09 bits per heavy atom. The standard InChI is InChI=1S/C26H29ClN6O2/c1-31(25-20(14-28)26(34)32(2)21-11-12-22(27)30-24(21)25)16-4-6-17(7-5-16)33(18-8-9-18)23-13-10-19(35-3)15-29-23/h10-13,15-18H,4-9H2,1-3H3. The van der Waals surface area contributed by atoms with Crippen molar-refractivity contribution < 1.29 is 4.74 Å². The fourth-order valence-electron chi connectivity index (χ4n) is 5.39. The van der Waals surface area contributed by atoms with Crippen LogP contribution in [-0.2, 0) is 7.05 Å². The van der Waals surface area contributed by atoms with Gasteiger partial charge in [-0.2, -0.15) is 5.26 Å². The molecule has 8 nitrogen and oxygen atoms in total. The molecular weight excluding hydrogens is 464 g/mol. The van der Waals surface area contributed by atoms with Crippen LogP contribution in [0.2, 0.25) is 5.15 Å². The molecule has 0 atom stereocenters. The Morgan fingerprint density at radius 3 is 2.31 bits per heavy atom. The summed E-state index contributed by atoms with van der Waals surface area (Å²) in [4.78, 5) is 26.7. The minimum Gasteiger partial charge on any atom is -0.495 e. The molecule has 0 bridgehead atoms. The van der Waals surface area contributed by atoms with E-state index in [-0.39, 0.29) is 17.2 Å². The van der Waals surface area contributed by atoms with E-state index in [4.69, 9.17) is 16.3 Å². The van der Waals surface area contributed by atoms with Gasteiger partial charge in [-0.05, 0) is 62.8 Å². The van der Waals surface area contributed by atoms with Gasteiger partial charge in [0.15, 0.2) is 0 Å². The molecule has 0 aliphatic heterocycles. The van der Waals surface area contributed by atoms with Crippen LogP contribution in [0.15, 0.2) is 35.3 Å². The highest BCUT2D eigenvalue weighted by Crippen LogP contribution is 2.39. The molecule has 3 aromatic rings. The van der Waals surface area contributed by atoms with E-state index in [1.54, 1.807) is 32.5 Å². The van der Waals surface area contributed by atoms with Crippen LogP contribution in [0.25, 0.3) is 11.0 Å². The summed E-state index contributed by atoms with van der Waals surface area (Å²) in [7, 11) is 5.28. The molecule has 0 radical (unpaired) electrons. The summed E-state index contributed by atoms with van der Waals surface area (Å²) in [5, 5.41) is 10.2. The first kappa shape index (κ1) is 23.4. The number of pyridine rings is 3. The Hall–Kier alpha value is -3.31. The number of hydrogen-bond acceptors (Lipinski definition) is 7. The number of aryl methyl sites for hydroxylation is 1. The number of nitrogens with zero attached hydrogens (tertiary/aromatic N) is 6. The lowest BCUT2D eigenvalue weighted by Gasteiger charge is -2.41. The fourth-order valence-corrected chi connectivity index (χ4v) is 5.54. The summed E-state index contributed by atoms with van der Waals surface area (Å²) in [5.74, 6) is 1.77. The normalized spacial score (nSPS) is 19.9. The van der Waals surface area contributed by atoms with Gasteiger partial charge in [0.1, 0.15) is 33.9 Å². The number of nitriles is 1. The number of ether oxygens (including phenoxy) is 1. The van der Waals surface area contributed by atoms with Crippen molar-refractivity contribution >= 4 is 34.1 Å². The average Bonchev–Trinajstić information content (AvgIpc) is 3.71. The molecule has 2 fully saturated rings. The van der Waals surface area contributed by atoms with Crippen LogP contribution in [0.3, 0.4) is 0 Å². The van der Waals surface area contributed by atoms with Crippen molar-refractivity contribution in [2.75, 3.05) is 24.0 Å². The van der Waals surface area contributed by atoms with Gasteiger partial charge in [0, 0.05) is 32.2 Å². The number of hydrogen-bond donors (Lipinski definition) is 0. The Labute approximate surface area is 209 Å². The van der Waals surface area contributed by atoms with Gasteiger partial charge in [-0.3, -0.25) is 4.79 Å². The second kappa shape index (κ2) is 9.38. The van der Waals surface area contributed by atoms with Crippen LogP contribution in [0.1, 0.15) is 44.1 Å². The molecule has 0 saturated heterocycles. The second-order valence-electron chi connectivity index (χ2n) is 9.47. The van der Waals surface area contributed by atoms with Crippen LogP contribution < -0.4 is 20.1 Å². The highest BCUT2D eigenvalue weighted by Gasteiger charge is 2.38. The van der Waals surface area contributed by atoms with Gasteiger partial charge in [0.05, 0.1) is 24.5 Å². The van der Waals surface area contributed by atoms with Crippen molar-refractivity contribution in [1.82, 2.24) is 14.5 Å². The Bertz CT molecular complexity index is 1340. The zero-order chi connectivity index (χ0) is 24.7. The third-order valence-corrected chi connectivity index (χ3v) is 7.62. The average molecular weight is 493 g/mol. The lowest BCUT2D eigenvalue weighted by molar-refractivity contribution is 0.364. The van der Waals surface area contributed by atoms with Crippen molar-refractivity contribution in [3.05, 3.63) is 51.5 Å². The summed E-state index contributed by atoms with van der Waals surface area (Å²) in [6.45, 7) is 0. The number of halogens is 1. The van der Waals surface area contributed by atoms with E-state index in [1.165, 1.54) is 17.4 Å². The van der Waals surface area contributed by atoms with Crippen LogP contribution in [0, 0.1) is 11.3 Å². The van der Waals surface area contributed by atoms with E-state index in [0.29, 0.717) is 34.0 Å². The van der Waals surface area contributed by atoms with Crippen LogP contribution in [-0.4, -0.2) is 46.8 Å². The highest BCUT2D eigenvalue weighted by molar-refractivity contribution is 6.29. The van der Waals surface area contributed by atoms with Gasteiger partial charge in [-0.15, -0.1) is 0 Å². The Kier molecular flexibility index (Phi) is 6.28. The molecule has 2 saturated carbocycles. The van der Waals surface area contributed by atoms with Crippen molar-refractivity contribution in [3.63, 3.8) is 0 Å². The largest absolute Gasteiger partial charge is 0.495 e. The van der Waals surface area contributed by atoms with Crippen molar-refractivity contribution in [1.29, 1.82) is 5.26 Å². The molecular formula is C26H29ClN6O2. The van der Waals surface area contributed by atoms with Gasteiger partial charge in [-0.25, -0.2) is 9.97 Å². The topological polar surface area (TPSA) is 87.3 Å². The summed E-state index contributed by atoms with van der Waals surface area (Å²) < 4.78 is 6.75. The molecule has 182 valence electrons. The number of fused-ring (bicyclic) bond motifs is 1. The molecule has 0 unspecified atom stereocenters. The predicted molar refractivity (Wildman–Crippen MR) is 137 cm³/mol. The first-order valence-electron chi connectivity index (χ1n) is 12.0. The molecule has 9 heteroatoms. The van der Waals surface area contributed by atoms with Gasteiger partial charge in [0.2, 0.25) is 0 Å². The molecule has 0 spiro atoms. The minimum absolute atomic E-state index is 0.112. The highest BCUT2D eigenvalue weighted by atomic mass is 35.5. The maximum atomic E-state index is 13.0. The minimum atomic E-state index is -0.315. The van der Waals surface area contributed by atoms with Crippen LogP contribution in [0.4, 0.5) is 11.5 Å². The molecule has 5 rings (SSSR count). The lowest BCUT2D eigenvalue weighted by Crippen LogP contribution is -2.45. The van der Waals surface area contributed by atoms with E-state index < -0.39 is 0 Å². The Morgan fingerprint density at radius 2 is 1.74 bits per heavy atom. The first-order chi connectivity index (χ1) is 16.9. The predicted octanol–water partition coefficient (Wildman–Crippen LogP) is 4.28. The van der Waals surface area contributed by atoms with Gasteiger partial charge >= 0.3 is 0 Å². The molecule has 2 aliphatic carbocycles. The summed E-state index contributed by atoms with van der Waals surface area (Å²) in [6, 6.07) is 10.8. The van der Waals surface area contributed by atoms with E-state index in [1.807, 2.05) is 13.1 Å². The maximum absolute atomic E-state index is 13.0. The first-order valence-corrected chi connectivity index (χ1v) is 12.4. The monoisotopic (exact) mass is 492 g/mol. The number of aromatic nitrogens is 3. The van der Waals surface area contributed by atoms with Crippen molar-refractivity contribution in [2.45, 2.75) is 56.7 Å². The van der Waals surface area contributed by atoms with Gasteiger partial charge in [0.25, 0.3) is 5.56 Å². The number of rotatable bonds is 6. The maximum Gasteiger partial charge on any atom is 0.270 e.